The number of rotatable bonds is 2. The van der Waals surface area contributed by atoms with Gasteiger partial charge in [-0.15, -0.1) is 0 Å². The van der Waals surface area contributed by atoms with Gasteiger partial charge in [0, 0.05) is 5.92 Å². The largest absolute Gasteiger partial charge is 0.363 e. The molecule has 0 aromatic heterocycles. The Kier molecular flexibility index (Phi) is 2.53. The highest BCUT2D eigenvalue weighted by atomic mass is 16.7. The second kappa shape index (κ2) is 3.52. The van der Waals surface area contributed by atoms with E-state index >= 15 is 0 Å². The molecule has 0 aromatic rings. The predicted molar refractivity (Wildman–Crippen MR) is 72.0 cm³/mol. The Labute approximate surface area is 111 Å². The Morgan fingerprint density at radius 1 is 1.17 bits per heavy atom. The molecule has 0 spiro atoms. The van der Waals surface area contributed by atoms with E-state index < -0.39 is 5.79 Å². The maximum atomic E-state index is 10.8. The molecule has 6 atom stereocenters. The Balaban J connectivity index is 1.91. The van der Waals surface area contributed by atoms with Crippen LogP contribution in [0.1, 0.15) is 60.3 Å². The number of fused-ring (bicyclic) bond motifs is 1. The van der Waals surface area contributed by atoms with E-state index in [2.05, 4.69) is 34.6 Å². The first-order valence-electron chi connectivity index (χ1n) is 7.67. The minimum Gasteiger partial charge on any atom is -0.363 e. The quantitative estimate of drug-likeness (QED) is 0.762. The summed E-state index contributed by atoms with van der Waals surface area (Å²) in [6.45, 7) is 11.7. The first-order chi connectivity index (χ1) is 8.26. The third-order valence-corrected chi connectivity index (χ3v) is 6.86. The van der Waals surface area contributed by atoms with Crippen molar-refractivity contribution in [3.63, 3.8) is 0 Å². The molecular formula is C16H28O2. The van der Waals surface area contributed by atoms with E-state index in [1.165, 1.54) is 12.8 Å². The highest BCUT2D eigenvalue weighted by Crippen LogP contribution is 2.70. The summed E-state index contributed by atoms with van der Waals surface area (Å²) in [7, 11) is 0. The normalized spacial score (nSPS) is 57.7. The van der Waals surface area contributed by atoms with Gasteiger partial charge in [0.05, 0.1) is 0 Å². The van der Waals surface area contributed by atoms with Crippen molar-refractivity contribution in [1.29, 1.82) is 0 Å². The topological polar surface area (TPSA) is 32.8 Å². The van der Waals surface area contributed by atoms with Gasteiger partial charge in [0.15, 0.2) is 5.79 Å². The average molecular weight is 252 g/mol. The first kappa shape index (κ1) is 12.9. The van der Waals surface area contributed by atoms with Crippen molar-refractivity contribution in [2.45, 2.75) is 72.2 Å². The van der Waals surface area contributed by atoms with E-state index in [0.717, 1.165) is 24.7 Å². The molecule has 2 heteroatoms. The second-order valence-electron chi connectivity index (χ2n) is 7.88. The highest BCUT2D eigenvalue weighted by molar-refractivity contribution is 5.15. The lowest BCUT2D eigenvalue weighted by Gasteiger charge is -2.36. The van der Waals surface area contributed by atoms with Gasteiger partial charge in [0.25, 0.3) is 0 Å². The molecular weight excluding hydrogens is 224 g/mol. The molecule has 0 bridgehead atoms. The van der Waals surface area contributed by atoms with Crippen molar-refractivity contribution in [3.8, 4) is 0 Å². The molecule has 0 radical (unpaired) electrons. The van der Waals surface area contributed by atoms with Crippen molar-refractivity contribution in [2.75, 3.05) is 0 Å². The molecule has 3 aliphatic rings. The minimum atomic E-state index is -0.814. The van der Waals surface area contributed by atoms with Crippen molar-refractivity contribution in [1.82, 2.24) is 0 Å². The van der Waals surface area contributed by atoms with Crippen LogP contribution in [0.5, 0.6) is 0 Å². The molecule has 3 rings (SSSR count). The van der Waals surface area contributed by atoms with Crippen molar-refractivity contribution < 1.29 is 9.84 Å². The van der Waals surface area contributed by atoms with Crippen LogP contribution in [0.2, 0.25) is 0 Å². The third kappa shape index (κ3) is 1.37. The maximum absolute atomic E-state index is 10.8. The van der Waals surface area contributed by atoms with E-state index in [1.807, 2.05) is 0 Å². The molecule has 0 aromatic carbocycles. The molecule has 18 heavy (non-hydrogen) atoms. The Bertz CT molecular complexity index is 364. The summed E-state index contributed by atoms with van der Waals surface area (Å²) >= 11 is 0. The standard InChI is InChI=1S/C16H28O2/c1-6-13-16(17,18-13)12-9-15(5)10(2)7-8-11(15)14(12,3)4/h10-13,17H,6-9H2,1-5H3/t10-,11?,12+,13?,15?,16+/m1/s1. The van der Waals surface area contributed by atoms with Crippen molar-refractivity contribution in [3.05, 3.63) is 0 Å². The number of aliphatic hydroxyl groups is 1. The highest BCUT2D eigenvalue weighted by Gasteiger charge is 2.71. The Morgan fingerprint density at radius 2 is 1.83 bits per heavy atom. The smallest absolute Gasteiger partial charge is 0.196 e. The van der Waals surface area contributed by atoms with Crippen LogP contribution in [-0.4, -0.2) is 17.0 Å². The lowest BCUT2D eigenvalue weighted by Crippen LogP contribution is -2.37. The van der Waals surface area contributed by atoms with Gasteiger partial charge in [-0.2, -0.15) is 0 Å². The summed E-state index contributed by atoms with van der Waals surface area (Å²) in [5, 5.41) is 10.8. The number of hydrogen-bond donors (Lipinski definition) is 1. The van der Waals surface area contributed by atoms with Gasteiger partial charge in [0.1, 0.15) is 6.10 Å². The molecule has 1 heterocycles. The van der Waals surface area contributed by atoms with Crippen molar-refractivity contribution >= 4 is 0 Å². The summed E-state index contributed by atoms with van der Waals surface area (Å²) in [6, 6.07) is 0. The van der Waals surface area contributed by atoms with Crippen LogP contribution in [0, 0.1) is 28.6 Å². The monoisotopic (exact) mass is 252 g/mol. The van der Waals surface area contributed by atoms with E-state index in [0.29, 0.717) is 11.3 Å². The lowest BCUT2D eigenvalue weighted by molar-refractivity contribution is -0.0601. The molecule has 0 amide bonds. The molecule has 3 unspecified atom stereocenters. The summed E-state index contributed by atoms with van der Waals surface area (Å²) < 4.78 is 5.67. The first-order valence-corrected chi connectivity index (χ1v) is 7.67. The van der Waals surface area contributed by atoms with Gasteiger partial charge in [-0.05, 0) is 48.3 Å². The van der Waals surface area contributed by atoms with E-state index in [4.69, 9.17) is 4.74 Å². The van der Waals surface area contributed by atoms with Gasteiger partial charge in [-0.3, -0.25) is 0 Å². The van der Waals surface area contributed by atoms with Crippen LogP contribution in [0.25, 0.3) is 0 Å². The van der Waals surface area contributed by atoms with E-state index in [9.17, 15) is 5.11 Å². The van der Waals surface area contributed by atoms with Gasteiger partial charge in [-0.1, -0.05) is 34.6 Å². The zero-order chi connectivity index (χ0) is 13.3. The van der Waals surface area contributed by atoms with Gasteiger partial charge < -0.3 is 9.84 Å². The van der Waals surface area contributed by atoms with Crippen LogP contribution in [0.15, 0.2) is 0 Å². The fraction of sp³-hybridized carbons (Fsp3) is 1.00. The van der Waals surface area contributed by atoms with Gasteiger partial charge in [0.2, 0.25) is 0 Å². The summed E-state index contributed by atoms with van der Waals surface area (Å²) in [4.78, 5) is 0. The zero-order valence-corrected chi connectivity index (χ0v) is 12.5. The van der Waals surface area contributed by atoms with Crippen LogP contribution < -0.4 is 0 Å². The van der Waals surface area contributed by atoms with Gasteiger partial charge in [-0.25, -0.2) is 0 Å². The molecule has 1 saturated heterocycles. The van der Waals surface area contributed by atoms with Crippen LogP contribution in [-0.2, 0) is 4.74 Å². The lowest BCUT2D eigenvalue weighted by atomic mass is 9.69. The molecule has 1 aliphatic heterocycles. The van der Waals surface area contributed by atoms with Crippen LogP contribution in [0.4, 0.5) is 0 Å². The second-order valence-corrected chi connectivity index (χ2v) is 7.88. The van der Waals surface area contributed by atoms with E-state index in [1.54, 1.807) is 0 Å². The molecule has 2 aliphatic carbocycles. The van der Waals surface area contributed by atoms with Crippen LogP contribution >= 0.6 is 0 Å². The number of ether oxygens (including phenoxy) is 1. The maximum Gasteiger partial charge on any atom is 0.196 e. The Hall–Kier alpha value is -0.0800. The molecule has 104 valence electrons. The van der Waals surface area contributed by atoms with Crippen molar-refractivity contribution in [2.24, 2.45) is 28.6 Å². The fourth-order valence-corrected chi connectivity index (χ4v) is 5.49. The predicted octanol–water partition coefficient (Wildman–Crippen LogP) is 3.58. The van der Waals surface area contributed by atoms with Crippen LogP contribution in [0.3, 0.4) is 0 Å². The summed E-state index contributed by atoms with van der Waals surface area (Å²) in [5.41, 5.74) is 0.617. The average Bonchev–Trinajstić information content (AvgIpc) is 2.79. The zero-order valence-electron chi connectivity index (χ0n) is 12.5. The Morgan fingerprint density at radius 3 is 2.33 bits per heavy atom. The SMILES string of the molecule is CCC1O[C@@]1(O)[C@H]1CC2(C)C(CC[C@H]2C)C1(C)C. The summed E-state index contributed by atoms with van der Waals surface area (Å²) in [6.07, 6.45) is 4.83. The molecule has 1 N–H and O–H groups in total. The van der Waals surface area contributed by atoms with E-state index in [-0.39, 0.29) is 11.5 Å². The van der Waals surface area contributed by atoms with Gasteiger partial charge >= 0.3 is 0 Å². The number of epoxide rings is 1. The third-order valence-electron chi connectivity index (χ3n) is 6.86. The molecule has 3 fully saturated rings. The molecule has 2 saturated carbocycles. The number of hydrogen-bond acceptors (Lipinski definition) is 2. The summed E-state index contributed by atoms with van der Waals surface area (Å²) in [5.74, 6) is 1.03. The molecule has 2 nitrogen and oxygen atoms in total. The minimum absolute atomic E-state index is 0.0829. The fourth-order valence-electron chi connectivity index (χ4n) is 5.49.